The topological polar surface area (TPSA) is 84.2 Å². The molecule has 1 N–H and O–H groups in total. The lowest BCUT2D eigenvalue weighted by atomic mass is 10.0. The molecule has 8 heteroatoms. The molecule has 1 fully saturated rings. The maximum Gasteiger partial charge on any atom is 0.266 e. The predicted molar refractivity (Wildman–Crippen MR) is 87.7 cm³/mol. The van der Waals surface area contributed by atoms with Crippen molar-refractivity contribution in [3.05, 3.63) is 22.3 Å². The lowest BCUT2D eigenvalue weighted by Gasteiger charge is -2.33. The molecule has 2 aromatic heterocycles. The fourth-order valence-electron chi connectivity index (χ4n) is 2.83. The minimum Gasteiger partial charge on any atom is -0.362 e. The highest BCUT2D eigenvalue weighted by molar-refractivity contribution is 7.17. The van der Waals surface area contributed by atoms with Crippen molar-refractivity contribution in [2.75, 3.05) is 18.4 Å². The maximum atomic E-state index is 13.0. The number of anilines is 1. The summed E-state index contributed by atoms with van der Waals surface area (Å²) in [5.41, 5.74) is 0.766. The molecule has 3 rings (SSSR count). The van der Waals surface area contributed by atoms with Crippen LogP contribution in [-0.2, 0) is 0 Å². The van der Waals surface area contributed by atoms with Gasteiger partial charge in [0.25, 0.3) is 5.91 Å². The van der Waals surface area contributed by atoms with Gasteiger partial charge in [-0.05, 0) is 40.0 Å². The summed E-state index contributed by atoms with van der Waals surface area (Å²) in [6.07, 6.45) is 2.90. The molecule has 2 aromatic rings. The number of hydrogen-bond donors (Lipinski definition) is 1. The zero-order valence-corrected chi connectivity index (χ0v) is 14.4. The Morgan fingerprint density at radius 1 is 1.39 bits per heavy atom. The Kier molecular flexibility index (Phi) is 4.61. The monoisotopic (exact) mass is 335 g/mol. The molecule has 1 aliphatic rings. The lowest BCUT2D eigenvalue weighted by molar-refractivity contribution is 0.0565. The van der Waals surface area contributed by atoms with Crippen LogP contribution < -0.4 is 5.32 Å². The van der Waals surface area contributed by atoms with E-state index in [0.29, 0.717) is 23.1 Å². The third-order valence-electron chi connectivity index (χ3n) is 3.91. The molecule has 1 amide bonds. The summed E-state index contributed by atoms with van der Waals surface area (Å²) in [4.78, 5) is 24.3. The van der Waals surface area contributed by atoms with Crippen LogP contribution >= 0.6 is 11.3 Å². The Hall–Kier alpha value is -1.96. The van der Waals surface area contributed by atoms with E-state index in [1.165, 1.54) is 11.3 Å². The molecule has 124 valence electrons. The molecule has 3 heterocycles. The molecule has 0 radical (unpaired) electrons. The number of carbonyl (C=O) groups is 1. The molecule has 1 atom stereocenters. The first-order chi connectivity index (χ1) is 11.1. The van der Waals surface area contributed by atoms with E-state index in [9.17, 15) is 4.79 Å². The van der Waals surface area contributed by atoms with Gasteiger partial charge in [0, 0.05) is 13.1 Å². The largest absolute Gasteiger partial charge is 0.362 e. The number of carbonyl (C=O) groups excluding carboxylic acids is 1. The van der Waals surface area contributed by atoms with Crippen LogP contribution in [0, 0.1) is 13.8 Å². The van der Waals surface area contributed by atoms with Crippen molar-refractivity contribution >= 4 is 22.4 Å². The van der Waals surface area contributed by atoms with Crippen LogP contribution in [-0.4, -0.2) is 39.0 Å². The van der Waals surface area contributed by atoms with Gasteiger partial charge in [-0.3, -0.25) is 4.79 Å². The van der Waals surface area contributed by atoms with Gasteiger partial charge in [0.15, 0.2) is 11.0 Å². The average molecular weight is 335 g/mol. The van der Waals surface area contributed by atoms with Crippen molar-refractivity contribution in [3.8, 4) is 0 Å². The number of aryl methyl sites for hydroxylation is 2. The maximum absolute atomic E-state index is 13.0. The van der Waals surface area contributed by atoms with Crippen LogP contribution in [0.25, 0.3) is 0 Å². The van der Waals surface area contributed by atoms with Crippen molar-refractivity contribution < 1.29 is 9.32 Å². The second kappa shape index (κ2) is 6.66. The molecule has 1 saturated heterocycles. The first kappa shape index (κ1) is 15.9. The number of likely N-dealkylation sites (tertiary alicyclic amines) is 1. The number of hydrogen-bond acceptors (Lipinski definition) is 7. The standard InChI is InChI=1S/C15H21N5O2S/c1-4-16-15-17-9(2)12(23-15)14(21)20-8-6-5-7-11(20)13-18-10(3)19-22-13/h11H,4-8H2,1-3H3,(H,16,17)/t11-/m1/s1. The van der Waals surface area contributed by atoms with Crippen LogP contribution in [0.15, 0.2) is 4.52 Å². The number of amides is 1. The van der Waals surface area contributed by atoms with Crippen LogP contribution in [0.1, 0.15) is 59.3 Å². The number of aromatic nitrogens is 3. The van der Waals surface area contributed by atoms with E-state index in [0.717, 1.165) is 36.6 Å². The molecule has 0 saturated carbocycles. The van der Waals surface area contributed by atoms with Crippen molar-refractivity contribution in [2.24, 2.45) is 0 Å². The highest BCUT2D eigenvalue weighted by atomic mass is 32.1. The van der Waals surface area contributed by atoms with Gasteiger partial charge in [0.05, 0.1) is 5.69 Å². The number of rotatable bonds is 4. The van der Waals surface area contributed by atoms with E-state index in [2.05, 4.69) is 20.4 Å². The molecule has 0 aliphatic carbocycles. The van der Waals surface area contributed by atoms with Crippen molar-refractivity contribution in [1.29, 1.82) is 0 Å². The third-order valence-corrected chi connectivity index (χ3v) is 5.01. The van der Waals surface area contributed by atoms with Gasteiger partial charge in [-0.2, -0.15) is 4.98 Å². The van der Waals surface area contributed by atoms with Crippen LogP contribution in [0.2, 0.25) is 0 Å². The van der Waals surface area contributed by atoms with E-state index >= 15 is 0 Å². The molecule has 1 aliphatic heterocycles. The van der Waals surface area contributed by atoms with Crippen LogP contribution in [0.3, 0.4) is 0 Å². The Morgan fingerprint density at radius 3 is 2.91 bits per heavy atom. The number of nitrogens with one attached hydrogen (secondary N) is 1. The molecule has 0 bridgehead atoms. The summed E-state index contributed by atoms with van der Waals surface area (Å²) >= 11 is 1.41. The smallest absolute Gasteiger partial charge is 0.266 e. The second-order valence-electron chi connectivity index (χ2n) is 5.65. The van der Waals surface area contributed by atoms with Gasteiger partial charge in [0.1, 0.15) is 10.9 Å². The zero-order valence-electron chi connectivity index (χ0n) is 13.6. The van der Waals surface area contributed by atoms with Gasteiger partial charge < -0.3 is 14.7 Å². The van der Waals surface area contributed by atoms with Gasteiger partial charge in [-0.15, -0.1) is 0 Å². The van der Waals surface area contributed by atoms with Crippen LogP contribution in [0.4, 0.5) is 5.13 Å². The van der Waals surface area contributed by atoms with Crippen molar-refractivity contribution in [2.45, 2.75) is 46.1 Å². The quantitative estimate of drug-likeness (QED) is 0.925. The summed E-state index contributed by atoms with van der Waals surface area (Å²) < 4.78 is 5.31. The fourth-order valence-corrected chi connectivity index (χ4v) is 3.82. The Balaban J connectivity index is 1.86. The lowest BCUT2D eigenvalue weighted by Crippen LogP contribution is -2.38. The van der Waals surface area contributed by atoms with E-state index in [1.807, 2.05) is 18.7 Å². The molecule has 0 unspecified atom stereocenters. The highest BCUT2D eigenvalue weighted by Gasteiger charge is 2.34. The van der Waals surface area contributed by atoms with Gasteiger partial charge in [-0.25, -0.2) is 4.98 Å². The summed E-state index contributed by atoms with van der Waals surface area (Å²) in [5.74, 6) is 1.13. The van der Waals surface area contributed by atoms with Crippen molar-refractivity contribution in [3.63, 3.8) is 0 Å². The normalized spacial score (nSPS) is 18.2. The molecule has 23 heavy (non-hydrogen) atoms. The third kappa shape index (κ3) is 3.21. The molecule has 0 aromatic carbocycles. The molecule has 7 nitrogen and oxygen atoms in total. The Morgan fingerprint density at radius 2 is 2.22 bits per heavy atom. The van der Waals surface area contributed by atoms with Crippen LogP contribution in [0.5, 0.6) is 0 Å². The minimum atomic E-state index is -0.137. The zero-order chi connectivity index (χ0) is 16.4. The van der Waals surface area contributed by atoms with E-state index in [-0.39, 0.29) is 11.9 Å². The molecular formula is C15H21N5O2S. The van der Waals surface area contributed by atoms with E-state index in [1.54, 1.807) is 6.92 Å². The SMILES string of the molecule is CCNc1nc(C)c(C(=O)N2CCCC[C@@H]2c2nc(C)no2)s1. The summed E-state index contributed by atoms with van der Waals surface area (Å²) in [6, 6.07) is -0.137. The first-order valence-corrected chi connectivity index (χ1v) is 8.74. The van der Waals surface area contributed by atoms with E-state index < -0.39 is 0 Å². The summed E-state index contributed by atoms with van der Waals surface area (Å²) in [5, 5.41) is 7.82. The van der Waals surface area contributed by atoms with Gasteiger partial charge in [0.2, 0.25) is 5.89 Å². The Bertz CT molecular complexity index is 696. The summed E-state index contributed by atoms with van der Waals surface area (Å²) in [7, 11) is 0. The highest BCUT2D eigenvalue weighted by Crippen LogP contribution is 2.33. The van der Waals surface area contributed by atoms with Gasteiger partial charge in [-0.1, -0.05) is 16.5 Å². The van der Waals surface area contributed by atoms with Gasteiger partial charge >= 0.3 is 0 Å². The summed E-state index contributed by atoms with van der Waals surface area (Å²) in [6.45, 7) is 7.17. The predicted octanol–water partition coefficient (Wildman–Crippen LogP) is 2.94. The first-order valence-electron chi connectivity index (χ1n) is 7.92. The number of thiazole rings is 1. The Labute approximate surface area is 139 Å². The second-order valence-corrected chi connectivity index (χ2v) is 6.65. The fraction of sp³-hybridized carbons (Fsp3) is 0.600. The van der Waals surface area contributed by atoms with Crippen molar-refractivity contribution in [1.82, 2.24) is 20.0 Å². The molecular weight excluding hydrogens is 314 g/mol. The number of nitrogens with zero attached hydrogens (tertiary/aromatic N) is 4. The average Bonchev–Trinajstić information content (AvgIpc) is 3.13. The number of piperidine rings is 1. The minimum absolute atomic E-state index is 0.00436. The van der Waals surface area contributed by atoms with E-state index in [4.69, 9.17) is 4.52 Å². The molecule has 0 spiro atoms.